The number of aliphatic carboxylic acids is 1. The van der Waals surface area contributed by atoms with Crippen molar-refractivity contribution in [2.24, 2.45) is 23.7 Å². The van der Waals surface area contributed by atoms with E-state index in [4.69, 9.17) is 0 Å². The predicted octanol–water partition coefficient (Wildman–Crippen LogP) is 1.15. The van der Waals surface area contributed by atoms with Crippen molar-refractivity contribution >= 4 is 11.8 Å². The molecule has 4 heteroatoms. The van der Waals surface area contributed by atoms with Crippen molar-refractivity contribution in [2.45, 2.75) is 59.0 Å². The number of hydrogen-bond acceptors (Lipinski definition) is 4. The second-order valence-electron chi connectivity index (χ2n) is 5.87. The average Bonchev–Trinajstić information content (AvgIpc) is 3.06. The lowest BCUT2D eigenvalue weighted by molar-refractivity contribution is -0.314. The second-order valence-corrected chi connectivity index (χ2v) is 5.87. The molecule has 0 aromatic rings. The van der Waals surface area contributed by atoms with E-state index in [0.29, 0.717) is 31.1 Å². The Hall–Kier alpha value is -0.900. The molecule has 1 saturated carbocycles. The van der Waals surface area contributed by atoms with Gasteiger partial charge in [0.1, 0.15) is 5.78 Å². The molecule has 1 fully saturated rings. The standard InChI is InChI=1S/C15H26O4/c1-4-9(3)13(16)7-10-6-11(10)8-14(17)12(5-2)15(18)19/h9-12,14,17H,4-8H2,1-3H3,(H,18,19)/p-1/t9-,10?,11?,12+,14+/m0/s1. The predicted molar refractivity (Wildman–Crippen MR) is 70.1 cm³/mol. The Morgan fingerprint density at radius 2 is 1.89 bits per heavy atom. The van der Waals surface area contributed by atoms with Crippen LogP contribution in [-0.2, 0) is 9.59 Å². The first-order valence-corrected chi connectivity index (χ1v) is 7.32. The molecule has 0 saturated heterocycles. The Kier molecular flexibility index (Phi) is 5.98. The fourth-order valence-electron chi connectivity index (χ4n) is 2.61. The summed E-state index contributed by atoms with van der Waals surface area (Å²) < 4.78 is 0. The van der Waals surface area contributed by atoms with Gasteiger partial charge in [0.15, 0.2) is 0 Å². The Balaban J connectivity index is 2.34. The molecule has 2 unspecified atom stereocenters. The van der Waals surface area contributed by atoms with E-state index in [1.54, 1.807) is 6.92 Å². The lowest BCUT2D eigenvalue weighted by Gasteiger charge is -2.22. The third kappa shape index (κ3) is 4.60. The normalized spacial score (nSPS) is 26.5. The van der Waals surface area contributed by atoms with Crippen LogP contribution in [0, 0.1) is 23.7 Å². The summed E-state index contributed by atoms with van der Waals surface area (Å²) >= 11 is 0. The van der Waals surface area contributed by atoms with Gasteiger partial charge in [0.2, 0.25) is 0 Å². The topological polar surface area (TPSA) is 77.4 Å². The van der Waals surface area contributed by atoms with Gasteiger partial charge < -0.3 is 15.0 Å². The highest BCUT2D eigenvalue weighted by Crippen LogP contribution is 2.45. The van der Waals surface area contributed by atoms with E-state index in [0.717, 1.165) is 12.8 Å². The van der Waals surface area contributed by atoms with Gasteiger partial charge in [-0.05, 0) is 37.5 Å². The zero-order chi connectivity index (χ0) is 14.6. The monoisotopic (exact) mass is 269 g/mol. The fraction of sp³-hybridized carbons (Fsp3) is 0.867. The molecule has 1 rings (SSSR count). The minimum absolute atomic E-state index is 0.109. The number of aliphatic hydroxyl groups is 1. The van der Waals surface area contributed by atoms with Crippen LogP contribution in [0.5, 0.6) is 0 Å². The van der Waals surface area contributed by atoms with Gasteiger partial charge in [-0.3, -0.25) is 4.79 Å². The van der Waals surface area contributed by atoms with Gasteiger partial charge in [0, 0.05) is 24.2 Å². The summed E-state index contributed by atoms with van der Waals surface area (Å²) in [5.74, 6) is -0.921. The van der Waals surface area contributed by atoms with E-state index in [1.165, 1.54) is 0 Å². The molecule has 0 aliphatic heterocycles. The van der Waals surface area contributed by atoms with Crippen molar-refractivity contribution in [1.82, 2.24) is 0 Å². The molecule has 0 aromatic carbocycles. The van der Waals surface area contributed by atoms with Gasteiger partial charge in [0.05, 0.1) is 6.10 Å². The maximum Gasteiger partial charge on any atom is 0.135 e. The summed E-state index contributed by atoms with van der Waals surface area (Å²) in [7, 11) is 0. The highest BCUT2D eigenvalue weighted by molar-refractivity contribution is 5.81. The third-order valence-corrected chi connectivity index (χ3v) is 4.45. The van der Waals surface area contributed by atoms with Gasteiger partial charge in [0.25, 0.3) is 0 Å². The molecule has 5 atom stereocenters. The number of Topliss-reactive ketones (excluding diaryl/α,β-unsaturated/α-hetero) is 1. The summed E-state index contributed by atoms with van der Waals surface area (Å²) in [5, 5.41) is 20.7. The zero-order valence-corrected chi connectivity index (χ0v) is 12.1. The number of carboxylic acid groups (broad SMARTS) is 1. The molecule has 0 bridgehead atoms. The number of carboxylic acids is 1. The molecule has 0 heterocycles. The molecule has 0 radical (unpaired) electrons. The molecule has 4 nitrogen and oxygen atoms in total. The van der Waals surface area contributed by atoms with Crippen LogP contribution < -0.4 is 5.11 Å². The minimum atomic E-state index is -1.18. The second kappa shape index (κ2) is 7.04. The molecule has 0 amide bonds. The van der Waals surface area contributed by atoms with Crippen molar-refractivity contribution in [3.05, 3.63) is 0 Å². The van der Waals surface area contributed by atoms with Crippen LogP contribution in [0.15, 0.2) is 0 Å². The summed E-state index contributed by atoms with van der Waals surface area (Å²) in [6.45, 7) is 5.68. The van der Waals surface area contributed by atoms with Crippen molar-refractivity contribution in [1.29, 1.82) is 0 Å². The van der Waals surface area contributed by atoms with Crippen LogP contribution in [0.4, 0.5) is 0 Å². The fourth-order valence-corrected chi connectivity index (χ4v) is 2.61. The molecule has 19 heavy (non-hydrogen) atoms. The summed E-state index contributed by atoms with van der Waals surface area (Å²) in [5.41, 5.74) is 0. The van der Waals surface area contributed by atoms with Crippen molar-refractivity contribution in [3.8, 4) is 0 Å². The Labute approximate surface area is 115 Å². The zero-order valence-electron chi connectivity index (χ0n) is 12.1. The third-order valence-electron chi connectivity index (χ3n) is 4.45. The van der Waals surface area contributed by atoms with E-state index < -0.39 is 18.0 Å². The number of carbonyl (C=O) groups is 2. The van der Waals surface area contributed by atoms with Crippen LogP contribution in [0.2, 0.25) is 0 Å². The largest absolute Gasteiger partial charge is 0.550 e. The molecule has 110 valence electrons. The lowest BCUT2D eigenvalue weighted by atomic mass is 9.93. The van der Waals surface area contributed by atoms with Gasteiger partial charge in [-0.15, -0.1) is 0 Å². The first-order valence-electron chi connectivity index (χ1n) is 7.32. The van der Waals surface area contributed by atoms with Crippen LogP contribution in [0.25, 0.3) is 0 Å². The quantitative estimate of drug-likeness (QED) is 0.681. The molecule has 0 spiro atoms. The van der Waals surface area contributed by atoms with Gasteiger partial charge in [-0.1, -0.05) is 20.8 Å². The molecular formula is C15H25O4-. The molecule has 1 aliphatic carbocycles. The van der Waals surface area contributed by atoms with E-state index >= 15 is 0 Å². The van der Waals surface area contributed by atoms with E-state index in [9.17, 15) is 19.8 Å². The first-order chi connectivity index (χ1) is 8.90. The summed E-state index contributed by atoms with van der Waals surface area (Å²) in [6.07, 6.45) is 2.39. The highest BCUT2D eigenvalue weighted by atomic mass is 16.4. The van der Waals surface area contributed by atoms with E-state index in [2.05, 4.69) is 0 Å². The Morgan fingerprint density at radius 1 is 1.26 bits per heavy atom. The van der Waals surface area contributed by atoms with Gasteiger partial charge in [-0.25, -0.2) is 0 Å². The lowest BCUT2D eigenvalue weighted by Crippen LogP contribution is -2.38. The van der Waals surface area contributed by atoms with Crippen molar-refractivity contribution in [2.75, 3.05) is 0 Å². The number of rotatable bonds is 9. The summed E-state index contributed by atoms with van der Waals surface area (Å²) in [4.78, 5) is 22.6. The average molecular weight is 269 g/mol. The Morgan fingerprint density at radius 3 is 2.37 bits per heavy atom. The molecule has 1 N–H and O–H groups in total. The van der Waals surface area contributed by atoms with E-state index in [-0.39, 0.29) is 11.7 Å². The maximum absolute atomic E-state index is 11.8. The number of aliphatic hydroxyl groups excluding tert-OH is 1. The smallest absolute Gasteiger partial charge is 0.135 e. The molecule has 1 aliphatic rings. The number of hydrogen-bond donors (Lipinski definition) is 1. The van der Waals surface area contributed by atoms with Crippen LogP contribution in [0.1, 0.15) is 52.9 Å². The highest BCUT2D eigenvalue weighted by Gasteiger charge is 2.40. The minimum Gasteiger partial charge on any atom is -0.550 e. The number of carbonyl (C=O) groups excluding carboxylic acids is 2. The maximum atomic E-state index is 11.8. The SMILES string of the molecule is CC[C@H](C)C(=O)CC1CC1C[C@@H](O)[C@@H](CC)C(=O)[O-]. The number of ketones is 1. The molecule has 0 aromatic heterocycles. The molecular weight excluding hydrogens is 244 g/mol. The first kappa shape index (κ1) is 16.2. The van der Waals surface area contributed by atoms with Crippen molar-refractivity contribution in [3.63, 3.8) is 0 Å². The van der Waals surface area contributed by atoms with Crippen LogP contribution >= 0.6 is 0 Å². The van der Waals surface area contributed by atoms with Crippen LogP contribution in [0.3, 0.4) is 0 Å². The van der Waals surface area contributed by atoms with Crippen LogP contribution in [-0.4, -0.2) is 23.0 Å². The van der Waals surface area contributed by atoms with Gasteiger partial charge >= 0.3 is 0 Å². The summed E-state index contributed by atoms with van der Waals surface area (Å²) in [6, 6.07) is 0. The van der Waals surface area contributed by atoms with Crippen molar-refractivity contribution < 1.29 is 19.8 Å². The van der Waals surface area contributed by atoms with E-state index in [1.807, 2.05) is 13.8 Å². The Bertz CT molecular complexity index is 326. The van der Waals surface area contributed by atoms with Gasteiger partial charge in [-0.2, -0.15) is 0 Å².